The average molecular weight is 849 g/mol. The Morgan fingerprint density at radius 3 is 0.969 bits per heavy atom. The molecule has 8 heteroatoms. The topological polar surface area (TPSA) is 47.6 Å². The molecule has 0 amide bonds. The van der Waals surface area contributed by atoms with Gasteiger partial charge in [0, 0.05) is 70.7 Å². The minimum Gasteiger partial charge on any atom is -1.00 e. The minimum absolute atomic E-state index is 0. The smallest absolute Gasteiger partial charge is 0.0213 e. The zero-order chi connectivity index (χ0) is 22.8. The number of halogens is 2. The van der Waals surface area contributed by atoms with Crippen molar-refractivity contribution in [2.24, 2.45) is 0 Å². The Balaban J connectivity index is -0.0000000358. The van der Waals surface area contributed by atoms with Gasteiger partial charge in [0.05, 0.1) is 0 Å². The summed E-state index contributed by atoms with van der Waals surface area (Å²) in [5.74, 6) is 0. The van der Waals surface area contributed by atoms with E-state index in [9.17, 15) is 0 Å². The second-order valence-electron chi connectivity index (χ2n) is 6.77. The van der Waals surface area contributed by atoms with Crippen molar-refractivity contribution >= 4 is 19.0 Å². The van der Waals surface area contributed by atoms with Gasteiger partial charge in [-0.15, -0.1) is 38.8 Å². The van der Waals surface area contributed by atoms with Crippen LogP contribution >= 0.6 is 0 Å². The molecule has 2 aliphatic rings. The van der Waals surface area contributed by atoms with Gasteiger partial charge in [0.25, 0.3) is 0 Å². The standard InChI is InChI=1S/2C6H7.2C4H10N.2C2H7Si.2ClH.2Hf/c2*1-6-4-2-3-5-6;2*1-3-4(2)5;2*1-3-2;;;;/h2*4-5H,2H2,1H3;2*4-5H,3H2,1-2H3;2*3H,1-2H3;2*1H;;/q4*-1;;;;;;/p-2. The van der Waals surface area contributed by atoms with Crippen molar-refractivity contribution in [3.63, 3.8) is 0 Å². The Morgan fingerprint density at radius 2 is 0.938 bits per heavy atom. The number of rotatable bonds is 2. The van der Waals surface area contributed by atoms with Gasteiger partial charge in [-0.1, -0.05) is 66.7 Å². The van der Waals surface area contributed by atoms with E-state index in [0.29, 0.717) is 0 Å². The Labute approximate surface area is 257 Å². The summed E-state index contributed by atoms with van der Waals surface area (Å²) >= 11 is 0. The van der Waals surface area contributed by atoms with Crippen molar-refractivity contribution < 1.29 is 76.5 Å². The van der Waals surface area contributed by atoms with Crippen LogP contribution in [-0.4, -0.2) is 31.1 Å². The second-order valence-corrected chi connectivity index (χ2v) is 9.08. The van der Waals surface area contributed by atoms with E-state index in [1.165, 1.54) is 11.1 Å². The number of hydrogen-bond donors (Lipinski definition) is 0. The molecule has 2 N–H and O–H groups in total. The molecule has 0 aromatic carbocycles. The summed E-state index contributed by atoms with van der Waals surface area (Å²) in [4.78, 5) is 0. The summed E-state index contributed by atoms with van der Waals surface area (Å²) < 4.78 is 0. The summed E-state index contributed by atoms with van der Waals surface area (Å²) in [7, 11) is 1.50. The molecule has 32 heavy (non-hydrogen) atoms. The minimum atomic E-state index is 0. The summed E-state index contributed by atoms with van der Waals surface area (Å²) in [6.07, 6.45) is 18.4. The van der Waals surface area contributed by atoms with E-state index in [1.54, 1.807) is 0 Å². The number of hydrogen-bond acceptors (Lipinski definition) is 0. The Hall–Kier alpha value is 1.63. The summed E-state index contributed by atoms with van der Waals surface area (Å²) in [6.45, 7) is 20.8. The molecule has 2 radical (unpaired) electrons. The van der Waals surface area contributed by atoms with Gasteiger partial charge < -0.3 is 36.3 Å². The van der Waals surface area contributed by atoms with E-state index in [1.807, 2.05) is 39.8 Å². The van der Waals surface area contributed by atoms with Crippen LogP contribution in [0, 0.1) is 12.2 Å². The molecule has 2 atom stereocenters. The SMILES string of the molecule is CC1=CC[C-]=C1.CC1=CC[C-]=C1.CCC(C)[NH-].CCC(C)[NH-].C[SiH]C.C[SiH]C.[Cl-].[Cl-].[Hf].[Hf]. The van der Waals surface area contributed by atoms with Gasteiger partial charge in [-0.3, -0.25) is 12.2 Å². The molecule has 2 unspecified atom stereocenters. The Bertz CT molecular complexity index is 373. The average Bonchev–Trinajstić information content (AvgIpc) is 3.31. The fourth-order valence-corrected chi connectivity index (χ4v) is 0.998. The molecule has 0 fully saturated rings. The number of allylic oxidation sites excluding steroid dienone is 8. The van der Waals surface area contributed by atoms with E-state index >= 15 is 0 Å². The first-order valence-corrected chi connectivity index (χ1v) is 15.1. The fourth-order valence-electron chi connectivity index (χ4n) is 0.998. The van der Waals surface area contributed by atoms with Crippen molar-refractivity contribution in [3.8, 4) is 0 Å². The van der Waals surface area contributed by atoms with E-state index in [2.05, 4.69) is 64.3 Å². The van der Waals surface area contributed by atoms with Crippen LogP contribution in [0.2, 0.25) is 26.2 Å². The third-order valence-electron chi connectivity index (χ3n) is 2.97. The first-order chi connectivity index (χ1) is 13.2. The van der Waals surface area contributed by atoms with E-state index < -0.39 is 0 Å². The largest absolute Gasteiger partial charge is 1.00 e. The molecule has 2 aliphatic carbocycles. The van der Waals surface area contributed by atoms with Crippen LogP contribution in [0.15, 0.2) is 35.5 Å². The van der Waals surface area contributed by atoms with Gasteiger partial charge in [0.15, 0.2) is 0 Å². The third-order valence-corrected chi connectivity index (χ3v) is 2.97. The number of nitrogens with one attached hydrogen (secondary N) is 2. The molecule has 0 saturated heterocycles. The molecule has 0 heterocycles. The van der Waals surface area contributed by atoms with Crippen molar-refractivity contribution in [3.05, 3.63) is 59.1 Å². The van der Waals surface area contributed by atoms with E-state index in [0.717, 1.165) is 44.7 Å². The van der Waals surface area contributed by atoms with Crippen molar-refractivity contribution in [2.75, 3.05) is 0 Å². The zero-order valence-corrected chi connectivity index (χ0v) is 33.2. The van der Waals surface area contributed by atoms with Gasteiger partial charge in [0.1, 0.15) is 0 Å². The van der Waals surface area contributed by atoms with Crippen LogP contribution in [-0.2, 0) is 51.7 Å². The molecule has 0 saturated carbocycles. The van der Waals surface area contributed by atoms with E-state index in [4.69, 9.17) is 11.5 Å². The quantitative estimate of drug-likeness (QED) is 0.303. The van der Waals surface area contributed by atoms with Crippen LogP contribution in [0.3, 0.4) is 0 Å². The monoisotopic (exact) mass is 850 g/mol. The van der Waals surface area contributed by atoms with Crippen LogP contribution in [0.1, 0.15) is 67.2 Å². The predicted molar refractivity (Wildman–Crippen MR) is 138 cm³/mol. The van der Waals surface area contributed by atoms with Gasteiger partial charge >= 0.3 is 0 Å². The van der Waals surface area contributed by atoms with Crippen molar-refractivity contribution in [1.29, 1.82) is 0 Å². The molecule has 0 aliphatic heterocycles. The fraction of sp³-hybridized carbons (Fsp3) is 0.667. The van der Waals surface area contributed by atoms with Crippen LogP contribution in [0.4, 0.5) is 0 Å². The molecular weight excluding hydrogens is 800 g/mol. The summed E-state index contributed by atoms with van der Waals surface area (Å²) in [5, 5.41) is 0. The van der Waals surface area contributed by atoms with Crippen LogP contribution < -0.4 is 24.8 Å². The van der Waals surface area contributed by atoms with Gasteiger partial charge in [-0.2, -0.15) is 12.2 Å². The first-order valence-electron chi connectivity index (χ1n) is 10.5. The Kier molecular flexibility index (Phi) is 84.7. The summed E-state index contributed by atoms with van der Waals surface area (Å²) in [6, 6.07) is 0.269. The van der Waals surface area contributed by atoms with Gasteiger partial charge in [-0.25, -0.2) is 23.3 Å². The van der Waals surface area contributed by atoms with Gasteiger partial charge in [0.2, 0.25) is 0 Å². The van der Waals surface area contributed by atoms with Gasteiger partial charge in [-0.05, 0) is 0 Å². The molecule has 0 aromatic heterocycles. The third kappa shape index (κ3) is 77.0. The van der Waals surface area contributed by atoms with Crippen LogP contribution in [0.25, 0.3) is 11.5 Å². The predicted octanol–water partition coefficient (Wildman–Crippen LogP) is 2.11. The second kappa shape index (κ2) is 49.7. The van der Waals surface area contributed by atoms with Crippen LogP contribution in [0.5, 0.6) is 0 Å². The summed E-state index contributed by atoms with van der Waals surface area (Å²) in [5.41, 5.74) is 16.3. The molecule has 0 spiro atoms. The zero-order valence-electron chi connectivity index (χ0n) is 22.2. The normalized spacial score (nSPS) is 12.8. The maximum atomic E-state index is 6.83. The molecular formula is C24H48Cl2Hf2N2Si2-6. The molecule has 2 nitrogen and oxygen atoms in total. The molecule has 0 bridgehead atoms. The first kappa shape index (κ1) is 54.5. The van der Waals surface area contributed by atoms with Crippen molar-refractivity contribution in [2.45, 2.75) is 105 Å². The maximum absolute atomic E-state index is 6.83. The Morgan fingerprint density at radius 1 is 0.750 bits per heavy atom. The molecule has 190 valence electrons. The van der Waals surface area contributed by atoms with Crippen molar-refractivity contribution in [1.82, 2.24) is 0 Å². The molecule has 0 aromatic rings. The van der Waals surface area contributed by atoms with E-state index in [-0.39, 0.29) is 88.6 Å². The molecule has 2 rings (SSSR count). The maximum Gasteiger partial charge on any atom is 0.0213 e.